The SMILES string of the molecule is C=Cc1ccc(CSc2nc3c(-c4ccccc4)cn(C)c3c(=O)n2CCC(C)C)cc1. The number of aryl methyl sites for hydroxylation is 1. The Morgan fingerprint density at radius 2 is 1.81 bits per heavy atom. The molecular formula is C27H29N3OS. The van der Waals surface area contributed by atoms with Crippen LogP contribution in [0.5, 0.6) is 0 Å². The fourth-order valence-corrected chi connectivity index (χ4v) is 4.75. The molecule has 0 aliphatic heterocycles. The van der Waals surface area contributed by atoms with Crippen molar-refractivity contribution in [1.29, 1.82) is 0 Å². The van der Waals surface area contributed by atoms with Crippen LogP contribution in [0.25, 0.3) is 28.2 Å². The predicted octanol–water partition coefficient (Wildman–Crippen LogP) is 6.38. The van der Waals surface area contributed by atoms with Gasteiger partial charge in [-0.1, -0.05) is 92.9 Å². The van der Waals surface area contributed by atoms with E-state index in [1.54, 1.807) is 11.8 Å². The van der Waals surface area contributed by atoms with E-state index in [0.29, 0.717) is 18.0 Å². The van der Waals surface area contributed by atoms with Gasteiger partial charge in [0, 0.05) is 31.1 Å². The average molecular weight is 444 g/mol. The van der Waals surface area contributed by atoms with Crippen LogP contribution in [0.1, 0.15) is 31.4 Å². The van der Waals surface area contributed by atoms with E-state index in [1.807, 2.05) is 46.7 Å². The molecule has 0 aliphatic rings. The maximum Gasteiger partial charge on any atom is 0.278 e. The standard InChI is InChI=1S/C27H29N3OS/c1-5-20-11-13-21(14-12-20)18-32-27-28-24-23(22-9-7-6-8-10-22)17-29(4)25(24)26(31)30(27)16-15-19(2)3/h5-14,17,19H,1,15-16,18H2,2-4H3. The van der Waals surface area contributed by atoms with Crippen LogP contribution in [0.3, 0.4) is 0 Å². The van der Waals surface area contributed by atoms with Crippen LogP contribution in [-0.4, -0.2) is 14.1 Å². The van der Waals surface area contributed by atoms with Gasteiger partial charge >= 0.3 is 0 Å². The van der Waals surface area contributed by atoms with Gasteiger partial charge in [0.2, 0.25) is 0 Å². The summed E-state index contributed by atoms with van der Waals surface area (Å²) in [5, 5.41) is 0.777. The van der Waals surface area contributed by atoms with Gasteiger partial charge in [0.15, 0.2) is 5.16 Å². The Bertz CT molecular complexity index is 1280. The van der Waals surface area contributed by atoms with Gasteiger partial charge in [-0.25, -0.2) is 4.98 Å². The molecule has 0 N–H and O–H groups in total. The fraction of sp³-hybridized carbons (Fsp3) is 0.259. The highest BCUT2D eigenvalue weighted by atomic mass is 32.2. The highest BCUT2D eigenvalue weighted by molar-refractivity contribution is 7.98. The van der Waals surface area contributed by atoms with Crippen molar-refractivity contribution in [2.24, 2.45) is 13.0 Å². The maximum atomic E-state index is 13.6. The molecule has 0 saturated carbocycles. The normalized spacial score (nSPS) is 11.4. The Morgan fingerprint density at radius 1 is 1.09 bits per heavy atom. The third-order valence-electron chi connectivity index (χ3n) is 5.64. The van der Waals surface area contributed by atoms with Crippen LogP contribution in [0, 0.1) is 5.92 Å². The number of nitrogens with zero attached hydrogens (tertiary/aromatic N) is 3. The summed E-state index contributed by atoms with van der Waals surface area (Å²) < 4.78 is 3.78. The lowest BCUT2D eigenvalue weighted by molar-refractivity contribution is 0.480. The number of rotatable bonds is 8. The largest absolute Gasteiger partial charge is 0.344 e. The lowest BCUT2D eigenvalue weighted by Crippen LogP contribution is -2.25. The van der Waals surface area contributed by atoms with Crippen LogP contribution in [0.4, 0.5) is 0 Å². The van der Waals surface area contributed by atoms with E-state index in [1.165, 1.54) is 5.56 Å². The van der Waals surface area contributed by atoms with Crippen molar-refractivity contribution < 1.29 is 0 Å². The molecule has 5 heteroatoms. The van der Waals surface area contributed by atoms with E-state index in [9.17, 15) is 4.79 Å². The molecule has 0 aliphatic carbocycles. The number of aromatic nitrogens is 3. The van der Waals surface area contributed by atoms with Gasteiger partial charge in [0.05, 0.1) is 0 Å². The van der Waals surface area contributed by atoms with Crippen LogP contribution < -0.4 is 5.56 Å². The molecule has 0 unspecified atom stereocenters. The summed E-state index contributed by atoms with van der Waals surface area (Å²) in [5.74, 6) is 1.26. The van der Waals surface area contributed by atoms with Gasteiger partial charge in [-0.15, -0.1) is 0 Å². The van der Waals surface area contributed by atoms with E-state index in [2.05, 4.69) is 56.8 Å². The zero-order valence-electron chi connectivity index (χ0n) is 18.9. The summed E-state index contributed by atoms with van der Waals surface area (Å²) >= 11 is 1.62. The molecule has 164 valence electrons. The lowest BCUT2D eigenvalue weighted by Gasteiger charge is -2.14. The molecule has 0 amide bonds. The molecule has 4 nitrogen and oxygen atoms in total. The quantitative estimate of drug-likeness (QED) is 0.234. The predicted molar refractivity (Wildman–Crippen MR) is 136 cm³/mol. The molecule has 32 heavy (non-hydrogen) atoms. The van der Waals surface area contributed by atoms with E-state index in [4.69, 9.17) is 4.98 Å². The number of hydrogen-bond donors (Lipinski definition) is 0. The minimum Gasteiger partial charge on any atom is -0.344 e. The van der Waals surface area contributed by atoms with Crippen molar-refractivity contribution in [3.63, 3.8) is 0 Å². The second kappa shape index (κ2) is 9.61. The van der Waals surface area contributed by atoms with Crippen molar-refractivity contribution in [3.8, 4) is 11.1 Å². The molecule has 0 spiro atoms. The Balaban J connectivity index is 1.79. The monoisotopic (exact) mass is 443 g/mol. The zero-order chi connectivity index (χ0) is 22.7. The molecule has 0 fully saturated rings. The second-order valence-corrected chi connectivity index (χ2v) is 9.43. The topological polar surface area (TPSA) is 39.8 Å². The first kappa shape index (κ1) is 22.2. The van der Waals surface area contributed by atoms with Gasteiger partial charge in [-0.3, -0.25) is 9.36 Å². The van der Waals surface area contributed by atoms with Gasteiger partial charge in [0.1, 0.15) is 11.0 Å². The van der Waals surface area contributed by atoms with Crippen molar-refractivity contribution >= 4 is 28.9 Å². The smallest absolute Gasteiger partial charge is 0.278 e. The zero-order valence-corrected chi connectivity index (χ0v) is 19.7. The van der Waals surface area contributed by atoms with Crippen molar-refractivity contribution in [3.05, 3.63) is 88.9 Å². The molecule has 2 aromatic carbocycles. The summed E-state index contributed by atoms with van der Waals surface area (Å²) in [4.78, 5) is 18.6. The number of benzene rings is 2. The highest BCUT2D eigenvalue weighted by Crippen LogP contribution is 2.30. The molecule has 0 radical (unpaired) electrons. The molecule has 0 saturated heterocycles. The Kier molecular flexibility index (Phi) is 6.66. The maximum absolute atomic E-state index is 13.6. The van der Waals surface area contributed by atoms with Gasteiger partial charge in [0.25, 0.3) is 5.56 Å². The first-order chi connectivity index (χ1) is 15.5. The molecule has 0 atom stereocenters. The average Bonchev–Trinajstić information content (AvgIpc) is 3.14. The Morgan fingerprint density at radius 3 is 2.47 bits per heavy atom. The van der Waals surface area contributed by atoms with Crippen LogP contribution in [0.15, 0.2) is 77.3 Å². The number of fused-ring (bicyclic) bond motifs is 1. The highest BCUT2D eigenvalue weighted by Gasteiger charge is 2.19. The molecule has 2 aromatic heterocycles. The Labute approximate surface area is 193 Å². The van der Waals surface area contributed by atoms with Crippen molar-refractivity contribution in [1.82, 2.24) is 14.1 Å². The molecule has 0 bridgehead atoms. The molecule has 2 heterocycles. The summed E-state index contributed by atoms with van der Waals surface area (Å²) in [7, 11) is 1.93. The van der Waals surface area contributed by atoms with Crippen molar-refractivity contribution in [2.75, 3.05) is 0 Å². The van der Waals surface area contributed by atoms with Gasteiger partial charge in [-0.2, -0.15) is 0 Å². The minimum atomic E-state index is 0.0323. The van der Waals surface area contributed by atoms with Crippen molar-refractivity contribution in [2.45, 2.75) is 37.7 Å². The van der Waals surface area contributed by atoms with E-state index in [0.717, 1.165) is 39.5 Å². The molecular weight excluding hydrogens is 414 g/mol. The molecule has 4 rings (SSSR count). The van der Waals surface area contributed by atoms with Crippen LogP contribution in [0.2, 0.25) is 0 Å². The molecule has 4 aromatic rings. The van der Waals surface area contributed by atoms with Gasteiger partial charge < -0.3 is 4.57 Å². The second-order valence-electron chi connectivity index (χ2n) is 8.48. The third-order valence-corrected chi connectivity index (χ3v) is 6.69. The first-order valence-corrected chi connectivity index (χ1v) is 12.0. The number of thioether (sulfide) groups is 1. The van der Waals surface area contributed by atoms with E-state index >= 15 is 0 Å². The third kappa shape index (κ3) is 4.58. The van der Waals surface area contributed by atoms with Crippen LogP contribution >= 0.6 is 11.8 Å². The number of hydrogen-bond acceptors (Lipinski definition) is 3. The first-order valence-electron chi connectivity index (χ1n) is 11.0. The summed E-state index contributed by atoms with van der Waals surface area (Å²) in [6.07, 6.45) is 4.80. The van der Waals surface area contributed by atoms with E-state index in [-0.39, 0.29) is 5.56 Å². The Hall–Kier alpha value is -3.05. The lowest BCUT2D eigenvalue weighted by atomic mass is 10.1. The minimum absolute atomic E-state index is 0.0323. The van der Waals surface area contributed by atoms with Crippen LogP contribution in [-0.2, 0) is 19.3 Å². The fourth-order valence-electron chi connectivity index (χ4n) is 3.77. The summed E-state index contributed by atoms with van der Waals surface area (Å²) in [6, 6.07) is 18.5. The summed E-state index contributed by atoms with van der Waals surface area (Å²) in [6.45, 7) is 8.85. The summed E-state index contributed by atoms with van der Waals surface area (Å²) in [5.41, 5.74) is 5.83. The van der Waals surface area contributed by atoms with E-state index < -0.39 is 0 Å². The van der Waals surface area contributed by atoms with Gasteiger partial charge in [-0.05, 0) is 29.0 Å².